The van der Waals surface area contributed by atoms with Gasteiger partial charge in [-0.1, -0.05) is 0 Å². The Labute approximate surface area is 75.3 Å². The van der Waals surface area contributed by atoms with Crippen molar-refractivity contribution < 1.29 is 0 Å². The highest BCUT2D eigenvalue weighted by Crippen LogP contribution is 2.06. The summed E-state index contributed by atoms with van der Waals surface area (Å²) in [6.07, 6.45) is 1.26. The second kappa shape index (κ2) is 3.73. The van der Waals surface area contributed by atoms with Crippen molar-refractivity contribution in [1.29, 1.82) is 0 Å². The van der Waals surface area contributed by atoms with Gasteiger partial charge in [0.15, 0.2) is 0 Å². The topological polar surface area (TPSA) is 41.3 Å². The zero-order chi connectivity index (χ0) is 9.19. The summed E-state index contributed by atoms with van der Waals surface area (Å²) in [6.45, 7) is 7.39. The number of likely N-dealkylation sites (N-methyl/N-ethyl adjacent to an activating group) is 1. The minimum Gasteiger partial charge on any atom is -0.324 e. The predicted molar refractivity (Wildman–Crippen MR) is 52.2 cm³/mol. The van der Waals surface area contributed by atoms with E-state index in [1.54, 1.807) is 0 Å². The number of hydrogen-bond donors (Lipinski definition) is 2. The second-order valence-electron chi connectivity index (χ2n) is 4.62. The molecule has 1 atom stereocenters. The molecule has 1 heterocycles. The van der Waals surface area contributed by atoms with Gasteiger partial charge in [0, 0.05) is 24.7 Å². The van der Waals surface area contributed by atoms with Gasteiger partial charge in [-0.2, -0.15) is 0 Å². The fourth-order valence-electron chi connectivity index (χ4n) is 1.51. The molecule has 0 radical (unpaired) electrons. The SMILES string of the molecule is CN1CCC(NCC(C)(C)N)C1. The summed E-state index contributed by atoms with van der Waals surface area (Å²) >= 11 is 0. The lowest BCUT2D eigenvalue weighted by Gasteiger charge is -2.22. The van der Waals surface area contributed by atoms with Crippen molar-refractivity contribution in [3.05, 3.63) is 0 Å². The highest BCUT2D eigenvalue weighted by atomic mass is 15.2. The van der Waals surface area contributed by atoms with Crippen LogP contribution in [0.1, 0.15) is 20.3 Å². The highest BCUT2D eigenvalue weighted by Gasteiger charge is 2.20. The van der Waals surface area contributed by atoms with E-state index in [4.69, 9.17) is 5.73 Å². The molecular weight excluding hydrogens is 150 g/mol. The monoisotopic (exact) mass is 171 g/mol. The van der Waals surface area contributed by atoms with Crippen LogP contribution in [0.25, 0.3) is 0 Å². The van der Waals surface area contributed by atoms with E-state index >= 15 is 0 Å². The van der Waals surface area contributed by atoms with Gasteiger partial charge in [-0.15, -0.1) is 0 Å². The van der Waals surface area contributed by atoms with Crippen molar-refractivity contribution >= 4 is 0 Å². The molecule has 0 amide bonds. The first kappa shape index (κ1) is 9.96. The molecule has 0 saturated carbocycles. The molecule has 0 aliphatic carbocycles. The summed E-state index contributed by atoms with van der Waals surface area (Å²) in [4.78, 5) is 2.35. The van der Waals surface area contributed by atoms with E-state index in [0.717, 1.165) is 13.1 Å². The Morgan fingerprint density at radius 3 is 2.67 bits per heavy atom. The number of nitrogens with zero attached hydrogens (tertiary/aromatic N) is 1. The third-order valence-corrected chi connectivity index (χ3v) is 2.24. The van der Waals surface area contributed by atoms with Crippen molar-refractivity contribution in [2.45, 2.75) is 31.8 Å². The summed E-state index contributed by atoms with van der Waals surface area (Å²) in [5.41, 5.74) is 5.79. The summed E-state index contributed by atoms with van der Waals surface area (Å²) in [5.74, 6) is 0. The summed E-state index contributed by atoms with van der Waals surface area (Å²) < 4.78 is 0. The number of rotatable bonds is 3. The van der Waals surface area contributed by atoms with Crippen molar-refractivity contribution in [1.82, 2.24) is 10.2 Å². The lowest BCUT2D eigenvalue weighted by Crippen LogP contribution is -2.47. The maximum Gasteiger partial charge on any atom is 0.0223 e. The van der Waals surface area contributed by atoms with Gasteiger partial charge in [0.25, 0.3) is 0 Å². The van der Waals surface area contributed by atoms with E-state index in [-0.39, 0.29) is 5.54 Å². The number of hydrogen-bond acceptors (Lipinski definition) is 3. The van der Waals surface area contributed by atoms with Gasteiger partial charge in [-0.3, -0.25) is 0 Å². The van der Waals surface area contributed by atoms with Crippen molar-refractivity contribution in [3.8, 4) is 0 Å². The molecule has 1 fully saturated rings. The maximum atomic E-state index is 5.87. The third-order valence-electron chi connectivity index (χ3n) is 2.24. The van der Waals surface area contributed by atoms with Gasteiger partial charge in [-0.25, -0.2) is 0 Å². The Kier molecular flexibility index (Phi) is 3.09. The van der Waals surface area contributed by atoms with Gasteiger partial charge in [-0.05, 0) is 33.9 Å². The van der Waals surface area contributed by atoms with Crippen LogP contribution in [0.2, 0.25) is 0 Å². The fourth-order valence-corrected chi connectivity index (χ4v) is 1.51. The van der Waals surface area contributed by atoms with Crippen LogP contribution < -0.4 is 11.1 Å². The van der Waals surface area contributed by atoms with E-state index in [0.29, 0.717) is 6.04 Å². The molecule has 1 aliphatic heterocycles. The molecule has 3 N–H and O–H groups in total. The molecule has 0 spiro atoms. The smallest absolute Gasteiger partial charge is 0.0223 e. The molecule has 0 aromatic rings. The van der Waals surface area contributed by atoms with Crippen molar-refractivity contribution in [3.63, 3.8) is 0 Å². The Morgan fingerprint density at radius 1 is 1.58 bits per heavy atom. The van der Waals surface area contributed by atoms with Crippen LogP contribution in [0.3, 0.4) is 0 Å². The lowest BCUT2D eigenvalue weighted by atomic mass is 10.1. The summed E-state index contributed by atoms with van der Waals surface area (Å²) in [6, 6.07) is 0.651. The van der Waals surface area contributed by atoms with Crippen molar-refractivity contribution in [2.24, 2.45) is 5.73 Å². The van der Waals surface area contributed by atoms with Gasteiger partial charge >= 0.3 is 0 Å². The molecular formula is C9H21N3. The largest absolute Gasteiger partial charge is 0.324 e. The van der Waals surface area contributed by atoms with E-state index in [2.05, 4.69) is 31.1 Å². The molecule has 72 valence electrons. The molecule has 1 saturated heterocycles. The van der Waals surface area contributed by atoms with E-state index in [1.165, 1.54) is 13.0 Å². The van der Waals surface area contributed by atoms with Crippen LogP contribution >= 0.6 is 0 Å². The van der Waals surface area contributed by atoms with Crippen molar-refractivity contribution in [2.75, 3.05) is 26.7 Å². The van der Waals surface area contributed by atoms with Gasteiger partial charge in [0.2, 0.25) is 0 Å². The Hall–Kier alpha value is -0.120. The predicted octanol–water partition coefficient (Wildman–Crippen LogP) is 0.0174. The van der Waals surface area contributed by atoms with E-state index in [1.807, 2.05) is 0 Å². The molecule has 0 aromatic heterocycles. The minimum atomic E-state index is -0.0822. The Morgan fingerprint density at radius 2 is 2.25 bits per heavy atom. The molecule has 12 heavy (non-hydrogen) atoms. The minimum absolute atomic E-state index is 0.0822. The van der Waals surface area contributed by atoms with E-state index in [9.17, 15) is 0 Å². The van der Waals surface area contributed by atoms with Gasteiger partial charge in [0.05, 0.1) is 0 Å². The summed E-state index contributed by atoms with van der Waals surface area (Å²) in [7, 11) is 2.16. The Balaban J connectivity index is 2.16. The first-order valence-corrected chi connectivity index (χ1v) is 4.68. The number of nitrogens with two attached hydrogens (primary N) is 1. The van der Waals surface area contributed by atoms with Crippen LogP contribution in [0, 0.1) is 0 Å². The zero-order valence-corrected chi connectivity index (χ0v) is 8.43. The van der Waals surface area contributed by atoms with Crippen LogP contribution in [0.15, 0.2) is 0 Å². The average molecular weight is 171 g/mol. The fraction of sp³-hybridized carbons (Fsp3) is 1.00. The molecule has 0 aromatic carbocycles. The Bertz CT molecular complexity index is 139. The molecule has 1 aliphatic rings. The van der Waals surface area contributed by atoms with Crippen LogP contribution in [-0.2, 0) is 0 Å². The van der Waals surface area contributed by atoms with Gasteiger partial charge in [0.1, 0.15) is 0 Å². The molecule has 1 unspecified atom stereocenters. The maximum absolute atomic E-state index is 5.87. The lowest BCUT2D eigenvalue weighted by molar-refractivity contribution is 0.380. The first-order chi connectivity index (χ1) is 5.47. The molecule has 1 rings (SSSR count). The van der Waals surface area contributed by atoms with Crippen LogP contribution in [0.4, 0.5) is 0 Å². The normalized spacial score (nSPS) is 26.5. The van der Waals surface area contributed by atoms with E-state index < -0.39 is 0 Å². The molecule has 3 nitrogen and oxygen atoms in total. The molecule has 0 bridgehead atoms. The second-order valence-corrected chi connectivity index (χ2v) is 4.62. The zero-order valence-electron chi connectivity index (χ0n) is 8.43. The first-order valence-electron chi connectivity index (χ1n) is 4.68. The average Bonchev–Trinajstić information content (AvgIpc) is 2.30. The van der Waals surface area contributed by atoms with Crippen LogP contribution in [-0.4, -0.2) is 43.2 Å². The van der Waals surface area contributed by atoms with Crippen LogP contribution in [0.5, 0.6) is 0 Å². The number of likely N-dealkylation sites (tertiary alicyclic amines) is 1. The summed E-state index contributed by atoms with van der Waals surface area (Å²) in [5, 5.41) is 3.49. The quantitative estimate of drug-likeness (QED) is 0.629. The number of nitrogens with one attached hydrogen (secondary N) is 1. The standard InChI is InChI=1S/C9H21N3/c1-9(2,10)7-11-8-4-5-12(3)6-8/h8,11H,4-7,10H2,1-3H3. The highest BCUT2D eigenvalue weighted by molar-refractivity contribution is 4.83. The third kappa shape index (κ3) is 3.52. The molecule has 3 heteroatoms. The van der Waals surface area contributed by atoms with Gasteiger partial charge < -0.3 is 16.0 Å².